The van der Waals surface area contributed by atoms with E-state index in [1.165, 1.54) is 108 Å². The minimum absolute atomic E-state index is 0. The molecule has 0 saturated carbocycles. The van der Waals surface area contributed by atoms with Gasteiger partial charge < -0.3 is 4.48 Å². The van der Waals surface area contributed by atoms with Crippen LogP contribution in [0.2, 0.25) is 0 Å². The van der Waals surface area contributed by atoms with Crippen molar-refractivity contribution in [2.24, 2.45) is 5.92 Å². The third-order valence-corrected chi connectivity index (χ3v) is 6.31. The van der Waals surface area contributed by atoms with E-state index in [2.05, 4.69) is 58.3 Å². The molecule has 0 heterocycles. The third-order valence-electron chi connectivity index (χ3n) is 6.31. The molecule has 0 saturated heterocycles. The van der Waals surface area contributed by atoms with Gasteiger partial charge >= 0.3 is 0 Å². The first-order valence-corrected chi connectivity index (χ1v) is 12.9. The lowest BCUT2D eigenvalue weighted by Gasteiger charge is -2.32. The minimum Gasteiger partial charge on any atom is -0.325 e. The Morgan fingerprint density at radius 1 is 0.667 bits per heavy atom. The van der Waals surface area contributed by atoms with Gasteiger partial charge in [0.05, 0.1) is 20.6 Å². The highest BCUT2D eigenvalue weighted by Gasteiger charge is 2.19. The van der Waals surface area contributed by atoms with E-state index in [9.17, 15) is 0 Å². The van der Waals surface area contributed by atoms with Crippen LogP contribution >= 0.6 is 12.4 Å². The van der Waals surface area contributed by atoms with Crippen molar-refractivity contribution in [1.29, 1.82) is 0 Å². The normalized spacial score (nSPS) is 12.5. The highest BCUT2D eigenvalue weighted by atomic mass is 35.5. The molecular weight excluding hydrogens is 386 g/mol. The van der Waals surface area contributed by atoms with Gasteiger partial charge in [0.25, 0.3) is 0 Å². The van der Waals surface area contributed by atoms with Crippen molar-refractivity contribution in [1.82, 2.24) is 0 Å². The molecule has 0 aliphatic heterocycles. The van der Waals surface area contributed by atoms with E-state index in [0.29, 0.717) is 0 Å². The maximum Gasteiger partial charge on any atom is 0.104 e. The van der Waals surface area contributed by atoms with Gasteiger partial charge in [-0.1, -0.05) is 134 Å². The van der Waals surface area contributed by atoms with E-state index in [0.717, 1.165) is 16.9 Å². The monoisotopic (exact) mass is 438 g/mol. The van der Waals surface area contributed by atoms with E-state index in [-0.39, 0.29) is 12.4 Å². The molecule has 2 heteroatoms. The topological polar surface area (TPSA) is 0 Å². The van der Waals surface area contributed by atoms with E-state index >= 15 is 0 Å². The zero-order valence-electron chi connectivity index (χ0n) is 20.8. The van der Waals surface area contributed by atoms with Crippen molar-refractivity contribution < 1.29 is 4.48 Å². The van der Waals surface area contributed by atoms with Gasteiger partial charge in [-0.25, -0.2) is 0 Å². The highest BCUT2D eigenvalue weighted by molar-refractivity contribution is 5.85. The van der Waals surface area contributed by atoms with Crippen LogP contribution in [0.4, 0.5) is 0 Å². The molecule has 0 aliphatic rings. The quantitative estimate of drug-likeness (QED) is 0.149. The van der Waals surface area contributed by atoms with Crippen LogP contribution in [0.5, 0.6) is 0 Å². The molecule has 0 spiro atoms. The van der Waals surface area contributed by atoms with Crippen molar-refractivity contribution in [2.75, 3.05) is 20.6 Å². The number of nitrogens with zero attached hydrogens (tertiary/aromatic N) is 1. The SMILES string of the molecule is CCCCCCCCCCCCCCCCC(C)C[N+](C)(C)Cc1ccccc1.Cl. The largest absolute Gasteiger partial charge is 0.325 e. The van der Waals surface area contributed by atoms with Gasteiger partial charge in [0, 0.05) is 11.5 Å². The van der Waals surface area contributed by atoms with Crippen molar-refractivity contribution in [2.45, 2.75) is 117 Å². The Morgan fingerprint density at radius 3 is 1.57 bits per heavy atom. The molecule has 1 atom stereocenters. The van der Waals surface area contributed by atoms with Crippen molar-refractivity contribution >= 4 is 12.4 Å². The summed E-state index contributed by atoms with van der Waals surface area (Å²) in [5, 5.41) is 0. The molecule has 0 amide bonds. The Labute approximate surface area is 196 Å². The first-order chi connectivity index (χ1) is 14.0. The van der Waals surface area contributed by atoms with Crippen LogP contribution in [0.3, 0.4) is 0 Å². The average Bonchev–Trinajstić information content (AvgIpc) is 2.68. The zero-order valence-corrected chi connectivity index (χ0v) is 21.7. The summed E-state index contributed by atoms with van der Waals surface area (Å²) in [5.41, 5.74) is 1.46. The van der Waals surface area contributed by atoms with Crippen molar-refractivity contribution in [3.63, 3.8) is 0 Å². The summed E-state index contributed by atoms with van der Waals surface area (Å²) < 4.78 is 1.10. The van der Waals surface area contributed by atoms with Crippen LogP contribution in [0, 0.1) is 5.92 Å². The summed E-state index contributed by atoms with van der Waals surface area (Å²) in [6.45, 7) is 7.18. The lowest BCUT2D eigenvalue weighted by Crippen LogP contribution is -2.42. The molecule has 30 heavy (non-hydrogen) atoms. The predicted molar refractivity (Wildman–Crippen MR) is 138 cm³/mol. The molecule has 0 aromatic heterocycles. The molecule has 1 aromatic carbocycles. The number of halogens is 1. The summed E-state index contributed by atoms with van der Waals surface area (Å²) in [6.07, 6.45) is 21.7. The number of hydrogen-bond donors (Lipinski definition) is 0. The molecule has 176 valence electrons. The average molecular weight is 439 g/mol. The number of hydrogen-bond acceptors (Lipinski definition) is 0. The Morgan fingerprint density at radius 2 is 1.10 bits per heavy atom. The molecular formula is C28H53ClN+. The molecule has 1 aromatic rings. The van der Waals surface area contributed by atoms with Crippen LogP contribution in [-0.4, -0.2) is 25.1 Å². The van der Waals surface area contributed by atoms with Gasteiger partial charge in [-0.2, -0.15) is 0 Å². The Balaban J connectivity index is 0.00000841. The van der Waals surface area contributed by atoms with Gasteiger partial charge in [0.2, 0.25) is 0 Å². The summed E-state index contributed by atoms with van der Waals surface area (Å²) >= 11 is 0. The molecule has 0 radical (unpaired) electrons. The van der Waals surface area contributed by atoms with Crippen LogP contribution in [0.1, 0.15) is 116 Å². The maximum atomic E-state index is 2.45. The standard InChI is InChI=1S/C28H52N.ClH/c1-5-6-7-8-9-10-11-12-13-14-15-16-17-19-22-27(2)25-29(3,4)26-28-23-20-18-21-24-28;/h18,20-21,23-24,27H,5-17,19,22,25-26H2,1-4H3;1H/q+1;. The molecule has 1 nitrogen and oxygen atoms in total. The van der Waals surface area contributed by atoms with Crippen LogP contribution < -0.4 is 0 Å². The second kappa shape index (κ2) is 19.2. The van der Waals surface area contributed by atoms with Crippen LogP contribution in [-0.2, 0) is 6.54 Å². The summed E-state index contributed by atoms with van der Waals surface area (Å²) in [7, 11) is 4.77. The summed E-state index contributed by atoms with van der Waals surface area (Å²) in [4.78, 5) is 0. The fourth-order valence-corrected chi connectivity index (χ4v) is 4.76. The lowest BCUT2D eigenvalue weighted by atomic mass is 10.00. The first-order valence-electron chi connectivity index (χ1n) is 12.9. The molecule has 0 N–H and O–H groups in total. The molecule has 1 unspecified atom stereocenters. The van der Waals surface area contributed by atoms with Crippen molar-refractivity contribution in [3.05, 3.63) is 35.9 Å². The van der Waals surface area contributed by atoms with Gasteiger partial charge in [0.1, 0.15) is 6.54 Å². The summed E-state index contributed by atoms with van der Waals surface area (Å²) in [6, 6.07) is 11.0. The summed E-state index contributed by atoms with van der Waals surface area (Å²) in [5.74, 6) is 0.825. The van der Waals surface area contributed by atoms with Crippen LogP contribution in [0.25, 0.3) is 0 Å². The third kappa shape index (κ3) is 17.2. The maximum absolute atomic E-state index is 2.45. The van der Waals surface area contributed by atoms with Gasteiger partial charge in [-0.3, -0.25) is 0 Å². The smallest absolute Gasteiger partial charge is 0.104 e. The highest BCUT2D eigenvalue weighted by Crippen LogP contribution is 2.18. The number of rotatable bonds is 19. The fourth-order valence-electron chi connectivity index (χ4n) is 4.76. The predicted octanol–water partition coefficient (Wildman–Crippen LogP) is 9.19. The van der Waals surface area contributed by atoms with E-state index in [1.807, 2.05) is 0 Å². The molecule has 0 bridgehead atoms. The minimum atomic E-state index is 0. The van der Waals surface area contributed by atoms with E-state index < -0.39 is 0 Å². The Hall–Kier alpha value is -0.530. The fraction of sp³-hybridized carbons (Fsp3) is 0.786. The number of benzene rings is 1. The molecule has 1 rings (SSSR count). The zero-order chi connectivity index (χ0) is 21.2. The van der Waals surface area contributed by atoms with Crippen LogP contribution in [0.15, 0.2) is 30.3 Å². The first kappa shape index (κ1) is 29.5. The van der Waals surface area contributed by atoms with E-state index in [4.69, 9.17) is 0 Å². The number of quaternary nitrogens is 1. The Kier molecular flexibility index (Phi) is 18.8. The van der Waals surface area contributed by atoms with Gasteiger partial charge in [0.15, 0.2) is 0 Å². The van der Waals surface area contributed by atoms with E-state index in [1.54, 1.807) is 0 Å². The second-order valence-corrected chi connectivity index (χ2v) is 10.3. The molecule has 0 fully saturated rings. The Bertz CT molecular complexity index is 471. The van der Waals surface area contributed by atoms with Gasteiger partial charge in [-0.05, 0) is 6.42 Å². The molecule has 0 aliphatic carbocycles. The van der Waals surface area contributed by atoms with Gasteiger partial charge in [-0.15, -0.1) is 12.4 Å². The number of unbranched alkanes of at least 4 members (excludes halogenated alkanes) is 13. The van der Waals surface area contributed by atoms with Crippen molar-refractivity contribution in [3.8, 4) is 0 Å². The second-order valence-electron chi connectivity index (χ2n) is 10.3. The lowest BCUT2D eigenvalue weighted by molar-refractivity contribution is -0.906.